The van der Waals surface area contributed by atoms with Crippen LogP contribution in [0.5, 0.6) is 0 Å². The molecule has 0 aliphatic carbocycles. The van der Waals surface area contributed by atoms with Gasteiger partial charge in [-0.1, -0.05) is 0 Å². The average molecular weight is 299 g/mol. The van der Waals surface area contributed by atoms with Crippen LogP contribution in [-0.2, 0) is 4.79 Å². The second-order valence-electron chi connectivity index (χ2n) is 4.77. The fraction of sp³-hybridized carbons (Fsp3) is 0.462. The smallest absolute Gasteiger partial charge is 0.253 e. The van der Waals surface area contributed by atoms with Crippen LogP contribution in [0.1, 0.15) is 23.2 Å². The van der Waals surface area contributed by atoms with Gasteiger partial charge >= 0.3 is 0 Å². The first-order chi connectivity index (χ1) is 9.08. The lowest BCUT2D eigenvalue weighted by Gasteiger charge is -2.13. The van der Waals surface area contributed by atoms with E-state index in [1.165, 1.54) is 11.1 Å². The number of halogens is 1. The van der Waals surface area contributed by atoms with Gasteiger partial charge in [-0.15, -0.1) is 12.4 Å². The minimum atomic E-state index is -0.157. The van der Waals surface area contributed by atoms with Gasteiger partial charge in [0.15, 0.2) is 0 Å². The van der Waals surface area contributed by atoms with E-state index in [1.807, 2.05) is 0 Å². The zero-order chi connectivity index (χ0) is 13.8. The Morgan fingerprint density at radius 3 is 2.80 bits per heavy atom. The standard InChI is InChI=1S/C13H18N4O2.ClH/c1-17(2)13(19)9-5-7-15-11(8-9)16-12(18)10-4-3-6-14-10;/h5,7-8,10,14H,3-4,6H2,1-2H3,(H,15,16,18);1H. The largest absolute Gasteiger partial charge is 0.345 e. The molecule has 0 spiro atoms. The van der Waals surface area contributed by atoms with E-state index in [2.05, 4.69) is 15.6 Å². The van der Waals surface area contributed by atoms with Crippen LogP contribution in [-0.4, -0.2) is 48.4 Å². The van der Waals surface area contributed by atoms with Crippen LogP contribution < -0.4 is 10.6 Å². The van der Waals surface area contributed by atoms with Gasteiger partial charge in [-0.25, -0.2) is 4.98 Å². The number of aromatic nitrogens is 1. The van der Waals surface area contributed by atoms with Gasteiger partial charge in [-0.2, -0.15) is 0 Å². The van der Waals surface area contributed by atoms with E-state index in [1.54, 1.807) is 26.2 Å². The molecule has 1 saturated heterocycles. The van der Waals surface area contributed by atoms with Gasteiger partial charge in [0.1, 0.15) is 5.82 Å². The van der Waals surface area contributed by atoms with Crippen LogP contribution in [0.15, 0.2) is 18.3 Å². The minimum Gasteiger partial charge on any atom is -0.345 e. The highest BCUT2D eigenvalue weighted by Crippen LogP contribution is 2.11. The van der Waals surface area contributed by atoms with Crippen molar-refractivity contribution in [2.75, 3.05) is 26.0 Å². The Bertz CT molecular complexity index is 487. The molecular weight excluding hydrogens is 280 g/mol. The van der Waals surface area contributed by atoms with E-state index in [-0.39, 0.29) is 30.3 Å². The van der Waals surface area contributed by atoms with Gasteiger partial charge < -0.3 is 15.5 Å². The monoisotopic (exact) mass is 298 g/mol. The van der Waals surface area contributed by atoms with Gasteiger partial charge in [0.25, 0.3) is 5.91 Å². The molecule has 1 aliphatic rings. The first-order valence-corrected chi connectivity index (χ1v) is 6.30. The molecular formula is C13H19ClN4O2. The van der Waals surface area contributed by atoms with Crippen molar-refractivity contribution in [3.8, 4) is 0 Å². The number of pyridine rings is 1. The van der Waals surface area contributed by atoms with Crippen molar-refractivity contribution in [3.63, 3.8) is 0 Å². The molecule has 1 aliphatic heterocycles. The lowest BCUT2D eigenvalue weighted by atomic mass is 10.2. The third-order valence-electron chi connectivity index (χ3n) is 3.04. The summed E-state index contributed by atoms with van der Waals surface area (Å²) in [6, 6.07) is 3.07. The molecule has 0 bridgehead atoms. The fourth-order valence-corrected chi connectivity index (χ4v) is 2.01. The van der Waals surface area contributed by atoms with Gasteiger partial charge in [0.05, 0.1) is 6.04 Å². The summed E-state index contributed by atoms with van der Waals surface area (Å²) >= 11 is 0. The van der Waals surface area contributed by atoms with Gasteiger partial charge in [0, 0.05) is 25.9 Å². The third-order valence-corrected chi connectivity index (χ3v) is 3.04. The Morgan fingerprint density at radius 1 is 1.45 bits per heavy atom. The van der Waals surface area contributed by atoms with E-state index in [9.17, 15) is 9.59 Å². The second-order valence-corrected chi connectivity index (χ2v) is 4.77. The Kier molecular flexibility index (Phi) is 5.91. The zero-order valence-corrected chi connectivity index (χ0v) is 12.4. The van der Waals surface area contributed by atoms with Crippen LogP contribution in [0, 0.1) is 0 Å². The van der Waals surface area contributed by atoms with Gasteiger partial charge in [0.2, 0.25) is 5.91 Å². The van der Waals surface area contributed by atoms with Crippen molar-refractivity contribution < 1.29 is 9.59 Å². The maximum atomic E-state index is 11.9. The molecule has 1 aromatic rings. The lowest BCUT2D eigenvalue weighted by Crippen LogP contribution is -2.35. The summed E-state index contributed by atoms with van der Waals surface area (Å²) < 4.78 is 0. The molecule has 1 fully saturated rings. The lowest BCUT2D eigenvalue weighted by molar-refractivity contribution is -0.117. The summed E-state index contributed by atoms with van der Waals surface area (Å²) in [6.07, 6.45) is 3.36. The molecule has 0 saturated carbocycles. The SMILES string of the molecule is CN(C)C(=O)c1ccnc(NC(=O)C2CCCN2)c1.Cl. The number of amides is 2. The van der Waals surface area contributed by atoms with Crippen molar-refractivity contribution in [2.45, 2.75) is 18.9 Å². The number of anilines is 1. The molecule has 0 aromatic carbocycles. The van der Waals surface area contributed by atoms with Crippen molar-refractivity contribution in [1.82, 2.24) is 15.2 Å². The van der Waals surface area contributed by atoms with Gasteiger partial charge in [-0.05, 0) is 31.5 Å². The maximum Gasteiger partial charge on any atom is 0.253 e. The molecule has 6 nitrogen and oxygen atoms in total. The Morgan fingerprint density at radius 2 is 2.20 bits per heavy atom. The molecule has 2 rings (SSSR count). The Labute approximate surface area is 124 Å². The highest BCUT2D eigenvalue weighted by atomic mass is 35.5. The molecule has 2 amide bonds. The summed E-state index contributed by atoms with van der Waals surface area (Å²) in [6.45, 7) is 0.866. The average Bonchev–Trinajstić information content (AvgIpc) is 2.92. The molecule has 1 aromatic heterocycles. The summed E-state index contributed by atoms with van der Waals surface area (Å²) in [5, 5.41) is 5.85. The second kappa shape index (κ2) is 7.21. The van der Waals surface area contributed by atoms with Crippen LogP contribution >= 0.6 is 12.4 Å². The molecule has 2 N–H and O–H groups in total. The quantitative estimate of drug-likeness (QED) is 0.869. The minimum absolute atomic E-state index is 0. The van der Waals surface area contributed by atoms with Crippen molar-refractivity contribution >= 4 is 30.0 Å². The van der Waals surface area contributed by atoms with Crippen molar-refractivity contribution in [3.05, 3.63) is 23.9 Å². The van der Waals surface area contributed by atoms with Crippen LogP contribution in [0.25, 0.3) is 0 Å². The van der Waals surface area contributed by atoms with Crippen molar-refractivity contribution in [2.24, 2.45) is 0 Å². The summed E-state index contributed by atoms with van der Waals surface area (Å²) in [5.41, 5.74) is 0.509. The summed E-state index contributed by atoms with van der Waals surface area (Å²) in [7, 11) is 3.37. The first kappa shape index (κ1) is 16.4. The van der Waals surface area contributed by atoms with E-state index >= 15 is 0 Å². The number of nitrogens with zero attached hydrogens (tertiary/aromatic N) is 2. The van der Waals surface area contributed by atoms with Crippen molar-refractivity contribution in [1.29, 1.82) is 0 Å². The zero-order valence-electron chi connectivity index (χ0n) is 11.5. The van der Waals surface area contributed by atoms with E-state index < -0.39 is 0 Å². The maximum absolute atomic E-state index is 11.9. The van der Waals surface area contributed by atoms with Gasteiger partial charge in [-0.3, -0.25) is 9.59 Å². The first-order valence-electron chi connectivity index (χ1n) is 6.30. The fourth-order valence-electron chi connectivity index (χ4n) is 2.01. The molecule has 1 unspecified atom stereocenters. The number of carbonyl (C=O) groups excluding carboxylic acids is 2. The third kappa shape index (κ3) is 3.91. The molecule has 0 radical (unpaired) electrons. The highest BCUT2D eigenvalue weighted by molar-refractivity contribution is 5.97. The predicted molar refractivity (Wildman–Crippen MR) is 79.2 cm³/mol. The Hall–Kier alpha value is -1.66. The molecule has 1 atom stereocenters. The number of nitrogens with one attached hydrogen (secondary N) is 2. The number of hydrogen-bond acceptors (Lipinski definition) is 4. The van der Waals surface area contributed by atoms with Crippen LogP contribution in [0.2, 0.25) is 0 Å². The Balaban J connectivity index is 0.00000200. The summed E-state index contributed by atoms with van der Waals surface area (Å²) in [5.74, 6) is 0.197. The molecule has 20 heavy (non-hydrogen) atoms. The van der Waals surface area contributed by atoms with E-state index in [0.29, 0.717) is 11.4 Å². The van der Waals surface area contributed by atoms with Crippen LogP contribution in [0.4, 0.5) is 5.82 Å². The number of carbonyl (C=O) groups is 2. The van der Waals surface area contributed by atoms with Crippen LogP contribution in [0.3, 0.4) is 0 Å². The topological polar surface area (TPSA) is 74.3 Å². The molecule has 110 valence electrons. The van der Waals surface area contributed by atoms with E-state index in [4.69, 9.17) is 0 Å². The normalized spacial score (nSPS) is 17.2. The number of rotatable bonds is 3. The number of hydrogen-bond donors (Lipinski definition) is 2. The highest BCUT2D eigenvalue weighted by Gasteiger charge is 2.22. The molecule has 2 heterocycles. The van der Waals surface area contributed by atoms with E-state index in [0.717, 1.165) is 19.4 Å². The predicted octanol–water partition coefficient (Wildman–Crippen LogP) is 0.896. The summed E-state index contributed by atoms with van der Waals surface area (Å²) in [4.78, 5) is 29.3. The molecule has 7 heteroatoms.